The zero-order valence-corrected chi connectivity index (χ0v) is 18.5. The third-order valence-corrected chi connectivity index (χ3v) is 4.86. The van der Waals surface area contributed by atoms with E-state index >= 15 is 0 Å². The molecule has 0 aliphatic rings. The van der Waals surface area contributed by atoms with E-state index in [0.717, 1.165) is 6.42 Å². The Labute approximate surface area is 164 Å². The number of carbonyl (C=O) groups excluding carboxylic acids is 1. The molecular weight excluding hydrogens is 322 g/mol. The Balaban J connectivity index is 3.12. The summed E-state index contributed by atoms with van der Waals surface area (Å²) < 4.78 is 5.92. The lowest BCUT2D eigenvalue weighted by Gasteiger charge is -2.22. The molecule has 0 rings (SSSR count). The molecule has 0 aromatic heterocycles. The number of rotatable bonds is 19. The van der Waals surface area contributed by atoms with Gasteiger partial charge in [0.1, 0.15) is 0 Å². The second-order valence-corrected chi connectivity index (χ2v) is 8.97. The topological polar surface area (TPSA) is 26.3 Å². The number of ether oxygens (including phenoxy) is 1. The number of likely N-dealkylation sites (N-methyl/N-ethyl adjacent to an activating group) is 1. The summed E-state index contributed by atoms with van der Waals surface area (Å²) in [7, 11) is 6.03. The fraction of sp³-hybridized carbons (Fsp3) is 0.957. The van der Waals surface area contributed by atoms with Crippen LogP contribution in [0.15, 0.2) is 0 Å². The summed E-state index contributed by atoms with van der Waals surface area (Å²) in [4.78, 5) is 11.6. The molecule has 0 aromatic rings. The Morgan fingerprint density at radius 3 is 1.31 bits per heavy atom. The van der Waals surface area contributed by atoms with E-state index in [1.807, 2.05) is 21.1 Å². The largest absolute Gasteiger partial charge is 0.462 e. The highest BCUT2D eigenvalue weighted by atomic mass is 16.5. The van der Waals surface area contributed by atoms with E-state index in [-0.39, 0.29) is 5.97 Å². The summed E-state index contributed by atoms with van der Waals surface area (Å²) >= 11 is 0. The SMILES string of the molecule is CCCCCCCCCCCCCCCCCCOC(=O)C[N+](C)(C)C. The summed E-state index contributed by atoms with van der Waals surface area (Å²) in [6.07, 6.45) is 21.9. The molecule has 3 heteroatoms. The maximum atomic E-state index is 11.6. The molecule has 0 radical (unpaired) electrons. The van der Waals surface area contributed by atoms with Gasteiger partial charge in [-0.1, -0.05) is 103 Å². The maximum Gasteiger partial charge on any atom is 0.361 e. The molecule has 0 bridgehead atoms. The molecule has 0 heterocycles. The van der Waals surface area contributed by atoms with Crippen LogP contribution in [0.3, 0.4) is 0 Å². The Bertz CT molecular complexity index is 310. The Hall–Kier alpha value is -0.570. The van der Waals surface area contributed by atoms with Gasteiger partial charge in [-0.3, -0.25) is 0 Å². The highest BCUT2D eigenvalue weighted by molar-refractivity contribution is 5.70. The number of nitrogens with zero attached hydrogens (tertiary/aromatic N) is 1. The van der Waals surface area contributed by atoms with Gasteiger partial charge >= 0.3 is 5.97 Å². The molecule has 0 aliphatic carbocycles. The van der Waals surface area contributed by atoms with Gasteiger partial charge in [0.15, 0.2) is 6.54 Å². The van der Waals surface area contributed by atoms with Gasteiger partial charge in [-0.25, -0.2) is 4.79 Å². The lowest BCUT2D eigenvalue weighted by Crippen LogP contribution is -2.40. The summed E-state index contributed by atoms with van der Waals surface area (Å²) in [6.45, 7) is 3.33. The molecule has 3 nitrogen and oxygen atoms in total. The first-order valence-corrected chi connectivity index (χ1v) is 11.4. The minimum absolute atomic E-state index is 0.0709. The van der Waals surface area contributed by atoms with Crippen molar-refractivity contribution < 1.29 is 14.0 Å². The highest BCUT2D eigenvalue weighted by Crippen LogP contribution is 2.13. The van der Waals surface area contributed by atoms with E-state index in [9.17, 15) is 4.79 Å². The fourth-order valence-electron chi connectivity index (χ4n) is 3.27. The quantitative estimate of drug-likeness (QED) is 0.147. The number of quaternary nitrogens is 1. The van der Waals surface area contributed by atoms with Crippen molar-refractivity contribution in [3.63, 3.8) is 0 Å². The molecule has 26 heavy (non-hydrogen) atoms. The molecule has 0 N–H and O–H groups in total. The summed E-state index contributed by atoms with van der Waals surface area (Å²) in [5.74, 6) is -0.0709. The van der Waals surface area contributed by atoms with Gasteiger partial charge in [0.05, 0.1) is 27.7 Å². The van der Waals surface area contributed by atoms with Gasteiger partial charge in [-0.2, -0.15) is 0 Å². The lowest BCUT2D eigenvalue weighted by atomic mass is 10.0. The summed E-state index contributed by atoms with van der Waals surface area (Å²) in [5, 5.41) is 0. The van der Waals surface area contributed by atoms with Gasteiger partial charge in [0, 0.05) is 0 Å². The van der Waals surface area contributed by atoms with Gasteiger partial charge in [0.25, 0.3) is 0 Å². The standard InChI is InChI=1S/C23H48NO2/c1-5-6-7-8-9-10-11-12-13-14-15-16-17-18-19-20-21-26-23(25)22-24(2,3)4/h5-22H2,1-4H3/q+1. The van der Waals surface area contributed by atoms with Gasteiger partial charge in [-0.05, 0) is 6.42 Å². The molecule has 0 aliphatic heterocycles. The smallest absolute Gasteiger partial charge is 0.361 e. The van der Waals surface area contributed by atoms with Crippen molar-refractivity contribution in [3.05, 3.63) is 0 Å². The minimum Gasteiger partial charge on any atom is -0.462 e. The van der Waals surface area contributed by atoms with Crippen molar-refractivity contribution in [2.75, 3.05) is 34.3 Å². The molecule has 0 spiro atoms. The molecule has 0 amide bonds. The zero-order chi connectivity index (χ0) is 19.5. The average molecular weight is 371 g/mol. The van der Waals surface area contributed by atoms with Crippen LogP contribution in [0.1, 0.15) is 110 Å². The molecule has 0 saturated heterocycles. The number of hydrogen-bond donors (Lipinski definition) is 0. The first kappa shape index (κ1) is 25.4. The van der Waals surface area contributed by atoms with E-state index in [4.69, 9.17) is 4.74 Å². The third-order valence-electron chi connectivity index (χ3n) is 4.86. The number of carbonyl (C=O) groups is 1. The lowest BCUT2D eigenvalue weighted by molar-refractivity contribution is -0.862. The average Bonchev–Trinajstić information content (AvgIpc) is 2.56. The van der Waals surface area contributed by atoms with Gasteiger partial charge in [0.2, 0.25) is 0 Å². The van der Waals surface area contributed by atoms with E-state index in [0.29, 0.717) is 17.6 Å². The van der Waals surface area contributed by atoms with Crippen molar-refractivity contribution in [2.45, 2.75) is 110 Å². The fourth-order valence-corrected chi connectivity index (χ4v) is 3.27. The van der Waals surface area contributed by atoms with E-state index < -0.39 is 0 Å². The van der Waals surface area contributed by atoms with Gasteiger partial charge < -0.3 is 9.22 Å². The second-order valence-electron chi connectivity index (χ2n) is 8.97. The van der Waals surface area contributed by atoms with Crippen LogP contribution >= 0.6 is 0 Å². The summed E-state index contributed by atoms with van der Waals surface area (Å²) in [6, 6.07) is 0. The molecule has 0 atom stereocenters. The Morgan fingerprint density at radius 2 is 0.962 bits per heavy atom. The maximum absolute atomic E-state index is 11.6. The number of unbranched alkanes of at least 4 members (excludes halogenated alkanes) is 15. The molecule has 0 aromatic carbocycles. The van der Waals surface area contributed by atoms with Crippen LogP contribution in [-0.2, 0) is 9.53 Å². The Kier molecular flexibility index (Phi) is 17.4. The molecule has 0 saturated carbocycles. The van der Waals surface area contributed by atoms with Gasteiger partial charge in [-0.15, -0.1) is 0 Å². The van der Waals surface area contributed by atoms with Crippen LogP contribution in [0.4, 0.5) is 0 Å². The number of hydrogen-bond acceptors (Lipinski definition) is 2. The van der Waals surface area contributed by atoms with Crippen LogP contribution in [-0.4, -0.2) is 44.7 Å². The van der Waals surface area contributed by atoms with E-state index in [1.165, 1.54) is 96.3 Å². The Morgan fingerprint density at radius 1 is 0.615 bits per heavy atom. The zero-order valence-electron chi connectivity index (χ0n) is 18.5. The van der Waals surface area contributed by atoms with Crippen molar-refractivity contribution in [2.24, 2.45) is 0 Å². The monoisotopic (exact) mass is 370 g/mol. The number of esters is 1. The second kappa shape index (κ2) is 17.8. The van der Waals surface area contributed by atoms with Crippen LogP contribution in [0.2, 0.25) is 0 Å². The molecule has 156 valence electrons. The summed E-state index contributed by atoms with van der Waals surface area (Å²) in [5.41, 5.74) is 0. The predicted molar refractivity (Wildman–Crippen MR) is 113 cm³/mol. The molecular formula is C23H48NO2+. The van der Waals surface area contributed by atoms with Crippen LogP contribution in [0, 0.1) is 0 Å². The van der Waals surface area contributed by atoms with Crippen LogP contribution in [0.25, 0.3) is 0 Å². The minimum atomic E-state index is -0.0709. The predicted octanol–water partition coefficient (Wildman–Crippen LogP) is 6.50. The van der Waals surface area contributed by atoms with Crippen molar-refractivity contribution in [1.29, 1.82) is 0 Å². The van der Waals surface area contributed by atoms with Crippen LogP contribution in [0.5, 0.6) is 0 Å². The first-order valence-electron chi connectivity index (χ1n) is 11.4. The van der Waals surface area contributed by atoms with Crippen molar-refractivity contribution in [1.82, 2.24) is 0 Å². The van der Waals surface area contributed by atoms with Crippen LogP contribution < -0.4 is 0 Å². The van der Waals surface area contributed by atoms with E-state index in [2.05, 4.69) is 6.92 Å². The molecule has 0 fully saturated rings. The van der Waals surface area contributed by atoms with Crippen molar-refractivity contribution >= 4 is 5.97 Å². The van der Waals surface area contributed by atoms with Crippen molar-refractivity contribution in [3.8, 4) is 0 Å². The van der Waals surface area contributed by atoms with E-state index in [1.54, 1.807) is 0 Å². The normalized spacial score (nSPS) is 11.7. The molecule has 0 unspecified atom stereocenters. The third kappa shape index (κ3) is 21.5. The first-order chi connectivity index (χ1) is 12.5. The highest BCUT2D eigenvalue weighted by Gasteiger charge is 2.14.